The van der Waals surface area contributed by atoms with Crippen molar-refractivity contribution < 1.29 is 9.28 Å². The van der Waals surface area contributed by atoms with Gasteiger partial charge >= 0.3 is 0 Å². The molecule has 1 rings (SSSR count). The predicted molar refractivity (Wildman–Crippen MR) is 57.8 cm³/mol. The van der Waals surface area contributed by atoms with Crippen LogP contribution in [-0.2, 0) is 4.79 Å². The number of likely N-dealkylation sites (tertiary alicyclic amines) is 1. The number of ketones is 1. The van der Waals surface area contributed by atoms with Gasteiger partial charge in [0.25, 0.3) is 0 Å². The molecule has 14 heavy (non-hydrogen) atoms. The van der Waals surface area contributed by atoms with Crippen LogP contribution in [0.2, 0.25) is 0 Å². The predicted octanol–water partition coefficient (Wildman–Crippen LogP) is 0.779. The van der Waals surface area contributed by atoms with Crippen LogP contribution in [0, 0.1) is 5.92 Å². The summed E-state index contributed by atoms with van der Waals surface area (Å²) in [6, 6.07) is 0. The molecule has 3 heteroatoms. The van der Waals surface area contributed by atoms with Crippen molar-refractivity contribution in [1.29, 1.82) is 0 Å². The monoisotopic (exact) mass is 199 g/mol. The summed E-state index contributed by atoms with van der Waals surface area (Å²) < 4.78 is 0.990. The molecule has 1 aliphatic heterocycles. The molecule has 2 N–H and O–H groups in total. The van der Waals surface area contributed by atoms with Gasteiger partial charge in [0.1, 0.15) is 0 Å². The van der Waals surface area contributed by atoms with E-state index >= 15 is 0 Å². The van der Waals surface area contributed by atoms with Crippen molar-refractivity contribution in [2.75, 3.05) is 27.2 Å². The van der Waals surface area contributed by atoms with Gasteiger partial charge in [0.15, 0.2) is 5.78 Å². The summed E-state index contributed by atoms with van der Waals surface area (Å²) in [5, 5.41) is 0. The molecule has 82 valence electrons. The minimum atomic E-state index is -0.540. The Morgan fingerprint density at radius 2 is 1.71 bits per heavy atom. The fourth-order valence-corrected chi connectivity index (χ4v) is 2.06. The lowest BCUT2D eigenvalue weighted by Crippen LogP contribution is -2.60. The first-order valence-electron chi connectivity index (χ1n) is 5.42. The van der Waals surface area contributed by atoms with Gasteiger partial charge in [-0.1, -0.05) is 13.8 Å². The van der Waals surface area contributed by atoms with Crippen LogP contribution in [-0.4, -0.2) is 43.0 Å². The molecule has 0 bridgehead atoms. The molecular weight excluding hydrogens is 176 g/mol. The van der Waals surface area contributed by atoms with Crippen LogP contribution in [0.25, 0.3) is 0 Å². The summed E-state index contributed by atoms with van der Waals surface area (Å²) in [7, 11) is 4.39. The van der Waals surface area contributed by atoms with Gasteiger partial charge in [-0.25, -0.2) is 0 Å². The van der Waals surface area contributed by atoms with Gasteiger partial charge in [-0.05, 0) is 0 Å². The van der Waals surface area contributed by atoms with Crippen LogP contribution in [0.4, 0.5) is 0 Å². The van der Waals surface area contributed by atoms with E-state index in [2.05, 4.69) is 14.1 Å². The summed E-state index contributed by atoms with van der Waals surface area (Å²) in [6.07, 6.45) is 1.66. The quantitative estimate of drug-likeness (QED) is 0.668. The average Bonchev–Trinajstić information content (AvgIpc) is 2.09. The molecule has 1 heterocycles. The van der Waals surface area contributed by atoms with Gasteiger partial charge in [-0.15, -0.1) is 0 Å². The highest BCUT2D eigenvalue weighted by atomic mass is 16.1. The van der Waals surface area contributed by atoms with Crippen molar-refractivity contribution in [3.05, 3.63) is 0 Å². The lowest BCUT2D eigenvalue weighted by molar-refractivity contribution is -0.895. The second-order valence-electron chi connectivity index (χ2n) is 5.56. The highest BCUT2D eigenvalue weighted by molar-refractivity contribution is 5.89. The van der Waals surface area contributed by atoms with Gasteiger partial charge in [0.05, 0.1) is 32.7 Å². The van der Waals surface area contributed by atoms with Gasteiger partial charge in [-0.3, -0.25) is 4.79 Å². The van der Waals surface area contributed by atoms with Crippen LogP contribution < -0.4 is 5.73 Å². The summed E-state index contributed by atoms with van der Waals surface area (Å²) in [5.74, 6) is 0.297. The summed E-state index contributed by atoms with van der Waals surface area (Å²) in [4.78, 5) is 11.9. The van der Waals surface area contributed by atoms with Crippen LogP contribution in [0.15, 0.2) is 0 Å². The number of Topliss-reactive ketones (excluding diaryl/α,β-unsaturated/α-hetero) is 1. The van der Waals surface area contributed by atoms with Gasteiger partial charge in [0.2, 0.25) is 0 Å². The van der Waals surface area contributed by atoms with E-state index in [0.29, 0.717) is 0 Å². The van der Waals surface area contributed by atoms with Crippen molar-refractivity contribution in [2.24, 2.45) is 11.7 Å². The molecule has 0 aromatic rings. The third-order valence-corrected chi connectivity index (χ3v) is 3.34. The first-order chi connectivity index (χ1) is 6.27. The maximum atomic E-state index is 11.9. The Kier molecular flexibility index (Phi) is 3.02. The van der Waals surface area contributed by atoms with Gasteiger partial charge < -0.3 is 10.2 Å². The number of nitrogens with zero attached hydrogens (tertiary/aromatic N) is 1. The van der Waals surface area contributed by atoms with Crippen molar-refractivity contribution in [3.8, 4) is 0 Å². The number of hydrogen-bond donors (Lipinski definition) is 1. The Bertz CT molecular complexity index is 223. The van der Waals surface area contributed by atoms with E-state index in [9.17, 15) is 4.79 Å². The fourth-order valence-electron chi connectivity index (χ4n) is 2.06. The molecule has 0 atom stereocenters. The maximum absolute atomic E-state index is 11.9. The van der Waals surface area contributed by atoms with E-state index in [0.717, 1.165) is 30.4 Å². The molecule has 0 spiro atoms. The van der Waals surface area contributed by atoms with E-state index in [4.69, 9.17) is 5.73 Å². The zero-order valence-corrected chi connectivity index (χ0v) is 9.84. The smallest absolute Gasteiger partial charge is 0.155 e. The zero-order chi connectivity index (χ0) is 11.0. The SMILES string of the molecule is CC(C)C(=O)C1(N)CC[N+](C)(C)CC1. The average molecular weight is 199 g/mol. The van der Waals surface area contributed by atoms with Gasteiger partial charge in [0, 0.05) is 18.8 Å². The number of piperidine rings is 1. The minimum Gasteiger partial charge on any atom is -0.328 e. The molecule has 1 saturated heterocycles. The van der Waals surface area contributed by atoms with E-state index < -0.39 is 5.54 Å². The number of hydrogen-bond acceptors (Lipinski definition) is 2. The molecule has 3 nitrogen and oxygen atoms in total. The first kappa shape index (κ1) is 11.7. The topological polar surface area (TPSA) is 43.1 Å². The Hall–Kier alpha value is -0.410. The number of nitrogens with two attached hydrogens (primary N) is 1. The molecule has 0 saturated carbocycles. The molecule has 1 aliphatic rings. The second-order valence-corrected chi connectivity index (χ2v) is 5.56. The Morgan fingerprint density at radius 1 is 1.29 bits per heavy atom. The van der Waals surface area contributed by atoms with Crippen molar-refractivity contribution in [1.82, 2.24) is 0 Å². The second kappa shape index (κ2) is 3.63. The normalized spacial score (nSPS) is 25.0. The Morgan fingerprint density at radius 3 is 2.07 bits per heavy atom. The molecule has 0 aromatic heterocycles. The highest BCUT2D eigenvalue weighted by Crippen LogP contribution is 2.25. The molecule has 1 fully saturated rings. The lowest BCUT2D eigenvalue weighted by Gasteiger charge is -2.42. The van der Waals surface area contributed by atoms with Crippen LogP contribution in [0.1, 0.15) is 26.7 Å². The molecular formula is C11H23N2O+. The maximum Gasteiger partial charge on any atom is 0.155 e. The fraction of sp³-hybridized carbons (Fsp3) is 0.909. The highest BCUT2D eigenvalue weighted by Gasteiger charge is 2.41. The van der Waals surface area contributed by atoms with E-state index in [1.54, 1.807) is 0 Å². The summed E-state index contributed by atoms with van der Waals surface area (Å²) >= 11 is 0. The third-order valence-electron chi connectivity index (χ3n) is 3.34. The first-order valence-corrected chi connectivity index (χ1v) is 5.42. The van der Waals surface area contributed by atoms with Crippen LogP contribution in [0.5, 0.6) is 0 Å². The zero-order valence-electron chi connectivity index (χ0n) is 9.84. The number of rotatable bonds is 2. The van der Waals surface area contributed by atoms with Crippen molar-refractivity contribution in [3.63, 3.8) is 0 Å². The number of quaternary nitrogens is 1. The summed E-state index contributed by atoms with van der Waals surface area (Å²) in [5.41, 5.74) is 5.63. The summed E-state index contributed by atoms with van der Waals surface area (Å²) in [6.45, 7) is 5.89. The molecule has 0 unspecified atom stereocenters. The molecule has 0 amide bonds. The third kappa shape index (κ3) is 2.34. The van der Waals surface area contributed by atoms with Crippen LogP contribution in [0.3, 0.4) is 0 Å². The lowest BCUT2D eigenvalue weighted by atomic mass is 9.80. The standard InChI is InChI=1S/C11H23N2O/c1-9(2)10(14)11(12)5-7-13(3,4)8-6-11/h9H,5-8,12H2,1-4H3/q+1. The minimum absolute atomic E-state index is 0.0636. The van der Waals surface area contributed by atoms with Crippen LogP contribution >= 0.6 is 0 Å². The number of carbonyl (C=O) groups excluding carboxylic acids is 1. The van der Waals surface area contributed by atoms with Gasteiger partial charge in [-0.2, -0.15) is 0 Å². The number of carbonyl (C=O) groups is 1. The van der Waals surface area contributed by atoms with Crippen molar-refractivity contribution in [2.45, 2.75) is 32.2 Å². The Balaban J connectivity index is 2.66. The van der Waals surface area contributed by atoms with E-state index in [1.807, 2.05) is 13.8 Å². The van der Waals surface area contributed by atoms with E-state index in [1.165, 1.54) is 0 Å². The largest absolute Gasteiger partial charge is 0.328 e. The van der Waals surface area contributed by atoms with Crippen molar-refractivity contribution >= 4 is 5.78 Å². The molecule has 0 radical (unpaired) electrons. The Labute approximate surface area is 86.9 Å². The van der Waals surface area contributed by atoms with E-state index in [-0.39, 0.29) is 11.7 Å². The molecule has 0 aromatic carbocycles. The molecule has 0 aliphatic carbocycles.